The van der Waals surface area contributed by atoms with Crippen molar-refractivity contribution in [1.29, 1.82) is 0 Å². The van der Waals surface area contributed by atoms with Gasteiger partial charge in [-0.25, -0.2) is 4.39 Å². The Balaban J connectivity index is 2.13. The maximum atomic E-state index is 13.0. The van der Waals surface area contributed by atoms with Crippen LogP contribution in [0.5, 0.6) is 11.5 Å². The maximum Gasteiger partial charge on any atom is 0.126 e. The Bertz CT molecular complexity index is 634. The number of aromatic hydroxyl groups is 1. The number of benzene rings is 2. The van der Waals surface area contributed by atoms with Gasteiger partial charge in [-0.1, -0.05) is 23.7 Å². The summed E-state index contributed by atoms with van der Waals surface area (Å²) in [7, 11) is 1.59. The molecule has 2 aromatic rings. The number of phenols is 1. The van der Waals surface area contributed by atoms with Gasteiger partial charge in [0.15, 0.2) is 0 Å². The van der Waals surface area contributed by atoms with Crippen molar-refractivity contribution in [3.63, 3.8) is 0 Å². The van der Waals surface area contributed by atoms with Crippen LogP contribution < -0.4 is 10.1 Å². The first kappa shape index (κ1) is 15.6. The van der Waals surface area contributed by atoms with Crippen molar-refractivity contribution < 1.29 is 14.2 Å². The number of hydrogen-bond acceptors (Lipinski definition) is 3. The van der Waals surface area contributed by atoms with Gasteiger partial charge in [-0.15, -0.1) is 0 Å². The molecule has 0 aliphatic rings. The van der Waals surface area contributed by atoms with E-state index in [4.69, 9.17) is 16.3 Å². The Morgan fingerprint density at radius 1 is 1.33 bits per heavy atom. The normalized spacial score (nSPS) is 12.2. The predicted octanol–water partition coefficient (Wildman–Crippen LogP) is 4.04. The molecule has 112 valence electrons. The van der Waals surface area contributed by atoms with E-state index in [1.807, 2.05) is 19.1 Å². The molecule has 0 saturated heterocycles. The summed E-state index contributed by atoms with van der Waals surface area (Å²) in [5, 5.41) is 13.6. The standard InChI is InChI=1S/C16H17ClFNO2/c1-10(12-7-6-11(18)8-15(12)20)19-9-13-14(17)4-3-5-16(13)21-2/h3-8,10,19-20H,9H2,1-2H3. The van der Waals surface area contributed by atoms with Crippen LogP contribution in [0.25, 0.3) is 0 Å². The summed E-state index contributed by atoms with van der Waals surface area (Å²) in [6.45, 7) is 2.36. The number of phenolic OH excluding ortho intramolecular Hbond substituents is 1. The fourth-order valence-corrected chi connectivity index (χ4v) is 2.38. The minimum Gasteiger partial charge on any atom is -0.508 e. The van der Waals surface area contributed by atoms with Crippen molar-refractivity contribution in [3.8, 4) is 11.5 Å². The number of ether oxygens (including phenoxy) is 1. The van der Waals surface area contributed by atoms with Gasteiger partial charge in [-0.3, -0.25) is 0 Å². The third-order valence-electron chi connectivity index (χ3n) is 3.34. The Labute approximate surface area is 128 Å². The van der Waals surface area contributed by atoms with Crippen molar-refractivity contribution in [3.05, 3.63) is 58.4 Å². The van der Waals surface area contributed by atoms with Crippen LogP contribution in [-0.2, 0) is 6.54 Å². The molecule has 0 saturated carbocycles. The van der Waals surface area contributed by atoms with Crippen molar-refractivity contribution in [1.82, 2.24) is 5.32 Å². The minimum absolute atomic E-state index is 0.0684. The molecule has 5 heteroatoms. The van der Waals surface area contributed by atoms with E-state index in [-0.39, 0.29) is 11.8 Å². The molecular formula is C16H17ClFNO2. The number of rotatable bonds is 5. The van der Waals surface area contributed by atoms with Crippen LogP contribution >= 0.6 is 11.6 Å². The van der Waals surface area contributed by atoms with Gasteiger partial charge in [0.1, 0.15) is 17.3 Å². The van der Waals surface area contributed by atoms with Gasteiger partial charge in [-0.05, 0) is 25.1 Å². The molecule has 1 atom stereocenters. The Morgan fingerprint density at radius 3 is 2.76 bits per heavy atom. The number of methoxy groups -OCH3 is 1. The minimum atomic E-state index is -0.462. The molecule has 0 aliphatic carbocycles. The zero-order valence-corrected chi connectivity index (χ0v) is 12.6. The summed E-state index contributed by atoms with van der Waals surface area (Å²) in [6.07, 6.45) is 0. The third-order valence-corrected chi connectivity index (χ3v) is 3.69. The first-order valence-corrected chi connectivity index (χ1v) is 6.94. The molecule has 2 aromatic carbocycles. The van der Waals surface area contributed by atoms with E-state index in [0.29, 0.717) is 22.9 Å². The molecule has 0 amide bonds. The number of hydrogen-bond donors (Lipinski definition) is 2. The van der Waals surface area contributed by atoms with Gasteiger partial charge >= 0.3 is 0 Å². The lowest BCUT2D eigenvalue weighted by molar-refractivity contribution is 0.405. The predicted molar refractivity (Wildman–Crippen MR) is 81.3 cm³/mol. The van der Waals surface area contributed by atoms with E-state index < -0.39 is 5.82 Å². The Hall–Kier alpha value is -1.78. The van der Waals surface area contributed by atoms with Crippen LogP contribution in [0, 0.1) is 5.82 Å². The van der Waals surface area contributed by atoms with Crippen LogP contribution in [-0.4, -0.2) is 12.2 Å². The monoisotopic (exact) mass is 309 g/mol. The van der Waals surface area contributed by atoms with E-state index in [2.05, 4.69) is 5.32 Å². The molecule has 2 N–H and O–H groups in total. The van der Waals surface area contributed by atoms with E-state index >= 15 is 0 Å². The van der Waals surface area contributed by atoms with Gasteiger partial charge in [0.2, 0.25) is 0 Å². The van der Waals surface area contributed by atoms with E-state index in [9.17, 15) is 9.50 Å². The van der Waals surface area contributed by atoms with Gasteiger partial charge in [0.25, 0.3) is 0 Å². The summed E-state index contributed by atoms with van der Waals surface area (Å²) in [4.78, 5) is 0. The Morgan fingerprint density at radius 2 is 2.10 bits per heavy atom. The molecular weight excluding hydrogens is 293 g/mol. The van der Waals surface area contributed by atoms with Gasteiger partial charge in [0.05, 0.1) is 7.11 Å². The summed E-state index contributed by atoms with van der Waals surface area (Å²) in [5.74, 6) is 0.169. The highest BCUT2D eigenvalue weighted by molar-refractivity contribution is 6.31. The molecule has 3 nitrogen and oxygen atoms in total. The molecule has 0 fully saturated rings. The fourth-order valence-electron chi connectivity index (χ4n) is 2.15. The van der Waals surface area contributed by atoms with E-state index in [1.54, 1.807) is 19.2 Å². The maximum absolute atomic E-state index is 13.0. The van der Waals surface area contributed by atoms with Crippen molar-refractivity contribution >= 4 is 11.6 Å². The Kier molecular flexibility index (Phi) is 5.04. The summed E-state index contributed by atoms with van der Waals surface area (Å²) >= 11 is 6.17. The highest BCUT2D eigenvalue weighted by Gasteiger charge is 2.13. The zero-order chi connectivity index (χ0) is 15.4. The smallest absolute Gasteiger partial charge is 0.126 e. The first-order valence-electron chi connectivity index (χ1n) is 6.56. The molecule has 0 radical (unpaired) electrons. The van der Waals surface area contributed by atoms with Crippen molar-refractivity contribution in [2.75, 3.05) is 7.11 Å². The average Bonchev–Trinajstić information content (AvgIpc) is 2.45. The molecule has 0 bridgehead atoms. The van der Waals surface area contributed by atoms with Crippen LogP contribution in [0.3, 0.4) is 0 Å². The lowest BCUT2D eigenvalue weighted by Crippen LogP contribution is -2.19. The largest absolute Gasteiger partial charge is 0.508 e. The molecule has 0 spiro atoms. The van der Waals surface area contributed by atoms with Gasteiger partial charge in [0, 0.05) is 34.8 Å². The topological polar surface area (TPSA) is 41.5 Å². The van der Waals surface area contributed by atoms with Crippen LogP contribution in [0.1, 0.15) is 24.1 Å². The second-order valence-electron chi connectivity index (χ2n) is 4.73. The summed E-state index contributed by atoms with van der Waals surface area (Å²) in [6, 6.07) is 9.27. The van der Waals surface area contributed by atoms with Crippen molar-refractivity contribution in [2.24, 2.45) is 0 Å². The molecule has 1 unspecified atom stereocenters. The fraction of sp³-hybridized carbons (Fsp3) is 0.250. The second kappa shape index (κ2) is 6.78. The quantitative estimate of drug-likeness (QED) is 0.875. The van der Waals surface area contributed by atoms with Gasteiger partial charge < -0.3 is 15.2 Å². The SMILES string of the molecule is COc1cccc(Cl)c1CNC(C)c1ccc(F)cc1O. The molecule has 0 heterocycles. The molecule has 0 aliphatic heterocycles. The average molecular weight is 310 g/mol. The van der Waals surface area contributed by atoms with Crippen LogP contribution in [0.2, 0.25) is 5.02 Å². The molecule has 0 aromatic heterocycles. The summed E-state index contributed by atoms with van der Waals surface area (Å²) in [5.41, 5.74) is 1.47. The van der Waals surface area contributed by atoms with Crippen molar-refractivity contribution in [2.45, 2.75) is 19.5 Å². The molecule has 21 heavy (non-hydrogen) atoms. The van der Waals surface area contributed by atoms with Crippen LogP contribution in [0.4, 0.5) is 4.39 Å². The second-order valence-corrected chi connectivity index (χ2v) is 5.13. The lowest BCUT2D eigenvalue weighted by atomic mass is 10.1. The lowest BCUT2D eigenvalue weighted by Gasteiger charge is -2.17. The molecule has 2 rings (SSSR count). The first-order chi connectivity index (χ1) is 10.0. The highest BCUT2D eigenvalue weighted by Crippen LogP contribution is 2.28. The highest BCUT2D eigenvalue weighted by atomic mass is 35.5. The van der Waals surface area contributed by atoms with E-state index in [1.165, 1.54) is 6.07 Å². The van der Waals surface area contributed by atoms with Crippen LogP contribution in [0.15, 0.2) is 36.4 Å². The summed E-state index contributed by atoms with van der Waals surface area (Å²) < 4.78 is 18.3. The van der Waals surface area contributed by atoms with Gasteiger partial charge in [-0.2, -0.15) is 0 Å². The third kappa shape index (κ3) is 3.65. The zero-order valence-electron chi connectivity index (χ0n) is 11.9. The number of nitrogens with one attached hydrogen (secondary N) is 1. The van der Waals surface area contributed by atoms with E-state index in [0.717, 1.165) is 11.6 Å². The number of halogens is 2.